The standard InChI is InChI=1S/C22H27N5O2/c1-14-24-20(28-26-14)16-5-3-7-19(11-16)23-13-18-8-10-22(9-4-6-17(18)12-22)21-25-15(2)27-29-21/h3,5,7,11,17-18,23H,4,6,8-10,12-13H2,1-2H3. The van der Waals surface area contributed by atoms with E-state index in [4.69, 9.17) is 9.05 Å². The zero-order valence-corrected chi connectivity index (χ0v) is 17.0. The Balaban J connectivity index is 1.26. The van der Waals surface area contributed by atoms with Gasteiger partial charge < -0.3 is 14.4 Å². The fourth-order valence-electron chi connectivity index (χ4n) is 5.24. The van der Waals surface area contributed by atoms with E-state index in [0.717, 1.165) is 35.9 Å². The molecule has 0 radical (unpaired) electrons. The Hall–Kier alpha value is -2.70. The van der Waals surface area contributed by atoms with E-state index in [0.29, 0.717) is 23.6 Å². The number of hydrogen-bond donors (Lipinski definition) is 1. The van der Waals surface area contributed by atoms with E-state index in [9.17, 15) is 0 Å². The summed E-state index contributed by atoms with van der Waals surface area (Å²) in [7, 11) is 0. The molecule has 1 N–H and O–H groups in total. The van der Waals surface area contributed by atoms with E-state index >= 15 is 0 Å². The topological polar surface area (TPSA) is 89.9 Å². The molecular weight excluding hydrogens is 366 g/mol. The van der Waals surface area contributed by atoms with E-state index < -0.39 is 0 Å². The molecule has 0 saturated heterocycles. The fraction of sp³-hybridized carbons (Fsp3) is 0.545. The lowest BCUT2D eigenvalue weighted by atomic mass is 9.58. The first-order valence-electron chi connectivity index (χ1n) is 10.6. The lowest BCUT2D eigenvalue weighted by molar-refractivity contribution is 0.0732. The number of nitrogens with zero attached hydrogens (tertiary/aromatic N) is 4. The maximum atomic E-state index is 5.61. The highest BCUT2D eigenvalue weighted by molar-refractivity contribution is 5.61. The molecule has 0 aliphatic heterocycles. The van der Waals surface area contributed by atoms with Gasteiger partial charge in [-0.1, -0.05) is 29.2 Å². The summed E-state index contributed by atoms with van der Waals surface area (Å²) in [5.41, 5.74) is 2.15. The number of rotatable bonds is 5. The van der Waals surface area contributed by atoms with E-state index in [1.54, 1.807) is 0 Å². The van der Waals surface area contributed by atoms with Crippen molar-refractivity contribution in [2.75, 3.05) is 11.9 Å². The van der Waals surface area contributed by atoms with Crippen LogP contribution < -0.4 is 5.32 Å². The monoisotopic (exact) mass is 393 g/mol. The lowest BCUT2D eigenvalue weighted by Crippen LogP contribution is -2.42. The molecule has 1 aromatic carbocycles. The summed E-state index contributed by atoms with van der Waals surface area (Å²) in [5, 5.41) is 11.6. The van der Waals surface area contributed by atoms with Crippen LogP contribution in [0.4, 0.5) is 5.69 Å². The number of aryl methyl sites for hydroxylation is 2. The van der Waals surface area contributed by atoms with Gasteiger partial charge in [-0.2, -0.15) is 9.97 Å². The Morgan fingerprint density at radius 1 is 1.07 bits per heavy atom. The minimum Gasteiger partial charge on any atom is -0.385 e. The second-order valence-corrected chi connectivity index (χ2v) is 8.69. The maximum Gasteiger partial charge on any atom is 0.257 e. The summed E-state index contributed by atoms with van der Waals surface area (Å²) < 4.78 is 10.9. The molecule has 2 bridgehead atoms. The van der Waals surface area contributed by atoms with Gasteiger partial charge in [0.2, 0.25) is 5.89 Å². The van der Waals surface area contributed by atoms with Crippen molar-refractivity contribution in [3.05, 3.63) is 41.8 Å². The third kappa shape index (κ3) is 3.54. The van der Waals surface area contributed by atoms with Crippen molar-refractivity contribution in [2.45, 2.75) is 57.8 Å². The highest BCUT2D eigenvalue weighted by Gasteiger charge is 2.47. The van der Waals surface area contributed by atoms with Crippen LogP contribution in [0.3, 0.4) is 0 Å². The van der Waals surface area contributed by atoms with Crippen LogP contribution in [0.5, 0.6) is 0 Å². The summed E-state index contributed by atoms with van der Waals surface area (Å²) in [6.45, 7) is 4.72. The highest BCUT2D eigenvalue weighted by Crippen LogP contribution is 2.52. The van der Waals surface area contributed by atoms with Crippen LogP contribution in [-0.2, 0) is 5.41 Å². The van der Waals surface area contributed by atoms with Crippen molar-refractivity contribution in [3.8, 4) is 11.5 Å². The maximum absolute atomic E-state index is 5.61. The van der Waals surface area contributed by atoms with Gasteiger partial charge in [-0.15, -0.1) is 0 Å². The van der Waals surface area contributed by atoms with Crippen LogP contribution >= 0.6 is 0 Å². The van der Waals surface area contributed by atoms with Crippen molar-refractivity contribution < 1.29 is 9.05 Å². The Morgan fingerprint density at radius 2 is 1.93 bits per heavy atom. The molecule has 7 heteroatoms. The number of aromatic nitrogens is 4. The number of fused-ring (bicyclic) bond motifs is 2. The zero-order valence-electron chi connectivity index (χ0n) is 17.0. The minimum atomic E-state index is 0.108. The zero-order chi connectivity index (χ0) is 19.8. The van der Waals surface area contributed by atoms with Crippen LogP contribution in [0.1, 0.15) is 56.1 Å². The molecule has 152 valence electrons. The SMILES string of the molecule is Cc1noc(-c2cccc(NCC3CCC4(c5nc(C)no5)CCCC3C4)c2)n1. The second-order valence-electron chi connectivity index (χ2n) is 8.69. The van der Waals surface area contributed by atoms with Crippen molar-refractivity contribution in [1.82, 2.24) is 20.3 Å². The minimum absolute atomic E-state index is 0.108. The molecule has 2 aromatic heterocycles. The van der Waals surface area contributed by atoms with Gasteiger partial charge in [0.05, 0.1) is 0 Å². The first-order chi connectivity index (χ1) is 14.1. The van der Waals surface area contributed by atoms with E-state index in [2.05, 4.69) is 37.7 Å². The number of nitrogens with one attached hydrogen (secondary N) is 1. The average Bonchev–Trinajstić information content (AvgIpc) is 3.37. The first kappa shape index (κ1) is 18.3. The van der Waals surface area contributed by atoms with Crippen molar-refractivity contribution in [1.29, 1.82) is 0 Å². The van der Waals surface area contributed by atoms with E-state index in [1.807, 2.05) is 26.0 Å². The molecule has 0 amide bonds. The van der Waals surface area contributed by atoms with Crippen LogP contribution in [0.15, 0.2) is 33.3 Å². The molecule has 3 aromatic rings. The lowest BCUT2D eigenvalue weighted by Gasteiger charge is -2.46. The Kier molecular flexibility index (Phi) is 4.60. The van der Waals surface area contributed by atoms with Crippen molar-refractivity contribution in [3.63, 3.8) is 0 Å². The Morgan fingerprint density at radius 3 is 2.72 bits per heavy atom. The van der Waals surface area contributed by atoms with Gasteiger partial charge in [-0.3, -0.25) is 0 Å². The van der Waals surface area contributed by atoms with Gasteiger partial charge in [0, 0.05) is 23.2 Å². The third-order valence-corrected chi connectivity index (χ3v) is 6.73. The number of benzene rings is 1. The molecule has 5 rings (SSSR count). The van der Waals surface area contributed by atoms with Crippen LogP contribution in [0, 0.1) is 25.7 Å². The van der Waals surface area contributed by atoms with Gasteiger partial charge in [-0.05, 0) is 69.6 Å². The Labute approximate surface area is 170 Å². The fourth-order valence-corrected chi connectivity index (χ4v) is 5.24. The molecule has 0 spiro atoms. The predicted molar refractivity (Wildman–Crippen MR) is 108 cm³/mol. The van der Waals surface area contributed by atoms with Crippen LogP contribution in [0.2, 0.25) is 0 Å². The van der Waals surface area contributed by atoms with E-state index in [-0.39, 0.29) is 5.41 Å². The number of hydrogen-bond acceptors (Lipinski definition) is 7. The summed E-state index contributed by atoms with van der Waals surface area (Å²) in [6.07, 6.45) is 7.22. The quantitative estimate of drug-likeness (QED) is 0.672. The molecule has 2 aliphatic carbocycles. The Bertz CT molecular complexity index is 997. The average molecular weight is 393 g/mol. The highest BCUT2D eigenvalue weighted by atomic mass is 16.5. The van der Waals surface area contributed by atoms with Gasteiger partial charge in [-0.25, -0.2) is 0 Å². The van der Waals surface area contributed by atoms with Crippen molar-refractivity contribution >= 4 is 5.69 Å². The molecular formula is C22H27N5O2. The summed E-state index contributed by atoms with van der Waals surface area (Å²) >= 11 is 0. The second kappa shape index (κ2) is 7.28. The molecule has 3 unspecified atom stereocenters. The predicted octanol–water partition coefficient (Wildman–Crippen LogP) is 4.69. The number of anilines is 1. The van der Waals surface area contributed by atoms with Gasteiger partial charge in [0.15, 0.2) is 11.6 Å². The molecule has 2 fully saturated rings. The van der Waals surface area contributed by atoms with Gasteiger partial charge in [0.1, 0.15) is 0 Å². The first-order valence-corrected chi connectivity index (χ1v) is 10.6. The largest absolute Gasteiger partial charge is 0.385 e. The smallest absolute Gasteiger partial charge is 0.257 e. The van der Waals surface area contributed by atoms with Crippen molar-refractivity contribution in [2.24, 2.45) is 11.8 Å². The molecule has 7 nitrogen and oxygen atoms in total. The molecule has 2 saturated carbocycles. The molecule has 2 aliphatic rings. The van der Waals surface area contributed by atoms with Crippen LogP contribution in [-0.4, -0.2) is 26.8 Å². The van der Waals surface area contributed by atoms with Gasteiger partial charge >= 0.3 is 0 Å². The summed E-state index contributed by atoms with van der Waals surface area (Å²) in [6, 6.07) is 8.21. The molecule has 3 atom stereocenters. The van der Waals surface area contributed by atoms with Gasteiger partial charge in [0.25, 0.3) is 5.89 Å². The van der Waals surface area contributed by atoms with Crippen LogP contribution in [0.25, 0.3) is 11.5 Å². The molecule has 2 heterocycles. The normalized spacial score (nSPS) is 26.4. The summed E-state index contributed by atoms with van der Waals surface area (Å²) in [4.78, 5) is 8.92. The summed E-state index contributed by atoms with van der Waals surface area (Å²) in [5.74, 6) is 4.21. The third-order valence-electron chi connectivity index (χ3n) is 6.73. The van der Waals surface area contributed by atoms with E-state index in [1.165, 1.54) is 32.1 Å². The molecule has 29 heavy (non-hydrogen) atoms.